The summed E-state index contributed by atoms with van der Waals surface area (Å²) in [6.07, 6.45) is 1.84. The van der Waals surface area contributed by atoms with Crippen molar-refractivity contribution in [3.63, 3.8) is 0 Å². The van der Waals surface area contributed by atoms with Gasteiger partial charge in [-0.2, -0.15) is 0 Å². The molecule has 0 aliphatic heterocycles. The van der Waals surface area contributed by atoms with Gasteiger partial charge in [0.05, 0.1) is 6.04 Å². The van der Waals surface area contributed by atoms with E-state index >= 15 is 0 Å². The van der Waals surface area contributed by atoms with E-state index in [0.29, 0.717) is 0 Å². The van der Waals surface area contributed by atoms with Gasteiger partial charge in [0, 0.05) is 21.7 Å². The van der Waals surface area contributed by atoms with Gasteiger partial charge >= 0.3 is 0 Å². The summed E-state index contributed by atoms with van der Waals surface area (Å²) < 4.78 is 1.09. The molecule has 0 saturated carbocycles. The highest BCUT2D eigenvalue weighted by Crippen LogP contribution is 2.25. The maximum atomic E-state index is 4.31. The number of rotatable bonds is 3. The van der Waals surface area contributed by atoms with Gasteiger partial charge in [-0.1, -0.05) is 22.0 Å². The standard InChI is InChI=1S/C12H13BrN2S/c1-8-3-4-10(13)7-11(8)15-9(2)12-14-5-6-16-12/h3-7,9,15H,1-2H3. The van der Waals surface area contributed by atoms with Crippen LogP contribution in [0.2, 0.25) is 0 Å². The van der Waals surface area contributed by atoms with E-state index in [1.54, 1.807) is 11.3 Å². The highest BCUT2D eigenvalue weighted by Gasteiger charge is 2.09. The normalized spacial score (nSPS) is 12.4. The van der Waals surface area contributed by atoms with E-state index in [1.165, 1.54) is 5.56 Å². The zero-order valence-corrected chi connectivity index (χ0v) is 11.6. The van der Waals surface area contributed by atoms with E-state index in [4.69, 9.17) is 0 Å². The highest BCUT2D eigenvalue weighted by molar-refractivity contribution is 9.10. The third-order valence-corrected chi connectivity index (χ3v) is 3.84. The molecule has 0 amide bonds. The minimum absolute atomic E-state index is 0.244. The van der Waals surface area contributed by atoms with E-state index in [0.717, 1.165) is 15.2 Å². The number of nitrogens with one attached hydrogen (secondary N) is 1. The Hall–Kier alpha value is -0.870. The molecule has 1 unspecified atom stereocenters. The van der Waals surface area contributed by atoms with Crippen molar-refractivity contribution >= 4 is 33.0 Å². The Morgan fingerprint density at radius 1 is 1.44 bits per heavy atom. The summed E-state index contributed by atoms with van der Waals surface area (Å²) >= 11 is 5.16. The number of aromatic nitrogens is 1. The lowest BCUT2D eigenvalue weighted by atomic mass is 10.2. The van der Waals surface area contributed by atoms with Crippen LogP contribution in [0.25, 0.3) is 0 Å². The van der Waals surface area contributed by atoms with Gasteiger partial charge in [-0.15, -0.1) is 11.3 Å². The van der Waals surface area contributed by atoms with Gasteiger partial charge in [-0.05, 0) is 31.5 Å². The first-order chi connectivity index (χ1) is 7.66. The molecule has 1 aromatic carbocycles. The minimum Gasteiger partial charge on any atom is -0.376 e. The summed E-state index contributed by atoms with van der Waals surface area (Å²) in [5.41, 5.74) is 2.39. The molecule has 0 spiro atoms. The lowest BCUT2D eigenvalue weighted by molar-refractivity contribution is 0.868. The van der Waals surface area contributed by atoms with Gasteiger partial charge in [-0.3, -0.25) is 0 Å². The van der Waals surface area contributed by atoms with Crippen LogP contribution in [0.5, 0.6) is 0 Å². The molecule has 84 valence electrons. The van der Waals surface area contributed by atoms with E-state index in [-0.39, 0.29) is 6.04 Å². The Labute approximate surface area is 108 Å². The maximum absolute atomic E-state index is 4.31. The summed E-state index contributed by atoms with van der Waals surface area (Å²) in [4.78, 5) is 4.31. The highest BCUT2D eigenvalue weighted by atomic mass is 79.9. The molecule has 0 saturated heterocycles. The van der Waals surface area contributed by atoms with Crippen LogP contribution in [0.15, 0.2) is 34.2 Å². The first-order valence-corrected chi connectivity index (χ1v) is 6.76. The largest absolute Gasteiger partial charge is 0.376 e. The molecule has 0 radical (unpaired) electrons. The lowest BCUT2D eigenvalue weighted by Crippen LogP contribution is -2.07. The number of hydrogen-bond acceptors (Lipinski definition) is 3. The predicted molar refractivity (Wildman–Crippen MR) is 73.0 cm³/mol. The molecule has 2 nitrogen and oxygen atoms in total. The molecule has 0 aliphatic carbocycles. The molecular formula is C12H13BrN2S. The molecule has 0 fully saturated rings. The van der Waals surface area contributed by atoms with Gasteiger partial charge in [-0.25, -0.2) is 4.98 Å². The van der Waals surface area contributed by atoms with E-state index in [1.807, 2.05) is 11.6 Å². The quantitative estimate of drug-likeness (QED) is 0.909. The summed E-state index contributed by atoms with van der Waals surface area (Å²) in [6.45, 7) is 4.22. The zero-order chi connectivity index (χ0) is 11.5. The maximum Gasteiger partial charge on any atom is 0.115 e. The molecule has 1 aromatic heterocycles. The average Bonchev–Trinajstić information content (AvgIpc) is 2.76. The second kappa shape index (κ2) is 4.97. The van der Waals surface area contributed by atoms with E-state index in [9.17, 15) is 0 Å². The SMILES string of the molecule is Cc1ccc(Br)cc1NC(C)c1nccs1. The Morgan fingerprint density at radius 2 is 2.25 bits per heavy atom. The van der Waals surface area contributed by atoms with Crippen LogP contribution < -0.4 is 5.32 Å². The van der Waals surface area contributed by atoms with Crippen molar-refractivity contribution in [3.8, 4) is 0 Å². The first kappa shape index (κ1) is 11.6. The van der Waals surface area contributed by atoms with Crippen LogP contribution in [0.3, 0.4) is 0 Å². The van der Waals surface area contributed by atoms with Crippen LogP contribution in [0.1, 0.15) is 23.5 Å². The van der Waals surface area contributed by atoms with Gasteiger partial charge in [0.1, 0.15) is 5.01 Å². The second-order valence-electron chi connectivity index (χ2n) is 3.70. The third kappa shape index (κ3) is 2.62. The molecule has 0 bridgehead atoms. The fraction of sp³-hybridized carbons (Fsp3) is 0.250. The summed E-state index contributed by atoms with van der Waals surface area (Å²) in [5, 5.41) is 6.58. The number of anilines is 1. The molecule has 4 heteroatoms. The van der Waals surface area contributed by atoms with Crippen LogP contribution in [0, 0.1) is 6.92 Å². The Morgan fingerprint density at radius 3 is 2.94 bits per heavy atom. The fourth-order valence-corrected chi connectivity index (χ4v) is 2.50. The summed E-state index contributed by atoms with van der Waals surface area (Å²) in [7, 11) is 0. The average molecular weight is 297 g/mol. The molecule has 1 atom stereocenters. The molecule has 2 rings (SSSR count). The van der Waals surface area contributed by atoms with Crippen LogP contribution in [-0.2, 0) is 0 Å². The molecule has 0 aliphatic rings. The minimum atomic E-state index is 0.244. The summed E-state index contributed by atoms with van der Waals surface area (Å²) in [5.74, 6) is 0. The Bertz CT molecular complexity index is 468. The molecular weight excluding hydrogens is 284 g/mol. The number of aryl methyl sites for hydroxylation is 1. The van der Waals surface area contributed by atoms with Crippen molar-refractivity contribution in [2.24, 2.45) is 0 Å². The zero-order valence-electron chi connectivity index (χ0n) is 9.20. The Balaban J connectivity index is 2.17. The first-order valence-electron chi connectivity index (χ1n) is 5.09. The molecule has 1 heterocycles. The van der Waals surface area contributed by atoms with E-state index < -0.39 is 0 Å². The van der Waals surface area contributed by atoms with Crippen molar-refractivity contribution in [2.45, 2.75) is 19.9 Å². The molecule has 16 heavy (non-hydrogen) atoms. The summed E-state index contributed by atoms with van der Waals surface area (Å²) in [6, 6.07) is 6.49. The van der Waals surface area contributed by atoms with Crippen molar-refractivity contribution < 1.29 is 0 Å². The van der Waals surface area contributed by atoms with Crippen molar-refractivity contribution in [2.75, 3.05) is 5.32 Å². The molecule has 2 aromatic rings. The second-order valence-corrected chi connectivity index (χ2v) is 5.54. The monoisotopic (exact) mass is 296 g/mol. The van der Waals surface area contributed by atoms with Crippen molar-refractivity contribution in [3.05, 3.63) is 44.8 Å². The van der Waals surface area contributed by atoms with Gasteiger partial charge in [0.15, 0.2) is 0 Å². The van der Waals surface area contributed by atoms with Crippen LogP contribution >= 0.6 is 27.3 Å². The number of halogens is 1. The number of thiazole rings is 1. The van der Waals surface area contributed by atoms with Crippen molar-refractivity contribution in [1.29, 1.82) is 0 Å². The Kier molecular flexibility index (Phi) is 3.61. The fourth-order valence-electron chi connectivity index (χ4n) is 1.49. The molecule has 1 N–H and O–H groups in total. The number of benzene rings is 1. The van der Waals surface area contributed by atoms with Crippen molar-refractivity contribution in [1.82, 2.24) is 4.98 Å². The van der Waals surface area contributed by atoms with Crippen LogP contribution in [0.4, 0.5) is 5.69 Å². The van der Waals surface area contributed by atoms with Gasteiger partial charge in [0.25, 0.3) is 0 Å². The topological polar surface area (TPSA) is 24.9 Å². The number of nitrogens with zero attached hydrogens (tertiary/aromatic N) is 1. The predicted octanol–water partition coefficient (Wildman–Crippen LogP) is 4.39. The smallest absolute Gasteiger partial charge is 0.115 e. The lowest BCUT2D eigenvalue weighted by Gasteiger charge is -2.15. The van der Waals surface area contributed by atoms with Gasteiger partial charge < -0.3 is 5.32 Å². The van der Waals surface area contributed by atoms with Crippen LogP contribution in [-0.4, -0.2) is 4.98 Å². The third-order valence-electron chi connectivity index (χ3n) is 2.39. The van der Waals surface area contributed by atoms with E-state index in [2.05, 4.69) is 58.3 Å². The number of hydrogen-bond donors (Lipinski definition) is 1. The van der Waals surface area contributed by atoms with Gasteiger partial charge in [0.2, 0.25) is 0 Å².